The van der Waals surface area contributed by atoms with Gasteiger partial charge in [0.05, 0.1) is 31.4 Å². The standard InChI is InChI=1S/C19H17NO5/c1-12(18(21)14-6-4-13(11-20)5-7-14)25-19(22)15-8-16(23-2)10-17(9-15)24-3/h4-10,12H,1-3H3/t12-/m0/s1. The fraction of sp³-hybridized carbons (Fsp3) is 0.211. The number of hydrogen-bond acceptors (Lipinski definition) is 6. The number of nitriles is 1. The van der Waals surface area contributed by atoms with Crippen LogP contribution in [0.2, 0.25) is 0 Å². The zero-order chi connectivity index (χ0) is 18.4. The van der Waals surface area contributed by atoms with Crippen LogP contribution in [0, 0.1) is 11.3 Å². The van der Waals surface area contributed by atoms with Crippen LogP contribution in [0.15, 0.2) is 42.5 Å². The molecule has 25 heavy (non-hydrogen) atoms. The first-order valence-electron chi connectivity index (χ1n) is 7.47. The van der Waals surface area contributed by atoms with Gasteiger partial charge in [-0.15, -0.1) is 0 Å². The second kappa shape index (κ2) is 7.97. The Labute approximate surface area is 145 Å². The van der Waals surface area contributed by atoms with Gasteiger partial charge in [0, 0.05) is 11.6 Å². The maximum absolute atomic E-state index is 12.3. The van der Waals surface area contributed by atoms with E-state index < -0.39 is 12.1 Å². The Balaban J connectivity index is 2.13. The molecule has 128 valence electrons. The highest BCUT2D eigenvalue weighted by atomic mass is 16.5. The molecule has 6 heteroatoms. The number of carbonyl (C=O) groups is 2. The monoisotopic (exact) mass is 339 g/mol. The zero-order valence-corrected chi connectivity index (χ0v) is 14.1. The highest BCUT2D eigenvalue weighted by Crippen LogP contribution is 2.23. The van der Waals surface area contributed by atoms with Crippen molar-refractivity contribution in [3.8, 4) is 17.6 Å². The van der Waals surface area contributed by atoms with Crippen LogP contribution in [0.4, 0.5) is 0 Å². The van der Waals surface area contributed by atoms with E-state index in [0.29, 0.717) is 22.6 Å². The minimum atomic E-state index is -0.974. The molecule has 0 amide bonds. The largest absolute Gasteiger partial charge is 0.497 e. The second-order valence-electron chi connectivity index (χ2n) is 5.20. The third-order valence-corrected chi connectivity index (χ3v) is 3.54. The van der Waals surface area contributed by atoms with Gasteiger partial charge >= 0.3 is 5.97 Å². The number of rotatable bonds is 6. The first-order valence-corrected chi connectivity index (χ1v) is 7.47. The molecule has 0 saturated carbocycles. The van der Waals surface area contributed by atoms with Crippen LogP contribution in [0.5, 0.6) is 11.5 Å². The van der Waals surface area contributed by atoms with Gasteiger partial charge in [-0.25, -0.2) is 4.79 Å². The second-order valence-corrected chi connectivity index (χ2v) is 5.20. The maximum atomic E-state index is 12.3. The summed E-state index contributed by atoms with van der Waals surface area (Å²) < 4.78 is 15.5. The molecule has 0 saturated heterocycles. The molecule has 0 aliphatic rings. The summed E-state index contributed by atoms with van der Waals surface area (Å²) in [7, 11) is 2.95. The van der Waals surface area contributed by atoms with Crippen LogP contribution in [0.25, 0.3) is 0 Å². The van der Waals surface area contributed by atoms with Crippen LogP contribution in [0.3, 0.4) is 0 Å². The number of nitrogens with zero attached hydrogens (tertiary/aromatic N) is 1. The van der Waals surface area contributed by atoms with Crippen LogP contribution in [0.1, 0.15) is 33.2 Å². The van der Waals surface area contributed by atoms with Gasteiger partial charge in [-0.2, -0.15) is 5.26 Å². The Morgan fingerprint density at radius 3 is 2.00 bits per heavy atom. The highest BCUT2D eigenvalue weighted by molar-refractivity contribution is 6.01. The van der Waals surface area contributed by atoms with Gasteiger partial charge in [0.15, 0.2) is 6.10 Å². The number of ketones is 1. The Morgan fingerprint density at radius 2 is 1.52 bits per heavy atom. The molecule has 2 aromatic rings. The predicted molar refractivity (Wildman–Crippen MR) is 89.9 cm³/mol. The molecule has 2 rings (SSSR count). The minimum absolute atomic E-state index is 0.218. The van der Waals surface area contributed by atoms with Crippen LogP contribution in [-0.2, 0) is 4.74 Å². The molecule has 2 aromatic carbocycles. The van der Waals surface area contributed by atoms with E-state index in [-0.39, 0.29) is 11.3 Å². The summed E-state index contributed by atoms with van der Waals surface area (Å²) in [5.74, 6) is -0.130. The average molecular weight is 339 g/mol. The zero-order valence-electron chi connectivity index (χ0n) is 14.1. The van der Waals surface area contributed by atoms with Crippen molar-refractivity contribution in [2.45, 2.75) is 13.0 Å². The van der Waals surface area contributed by atoms with Gasteiger partial charge in [-0.1, -0.05) is 0 Å². The molecule has 0 aliphatic heterocycles. The van der Waals surface area contributed by atoms with E-state index in [1.54, 1.807) is 6.07 Å². The van der Waals surface area contributed by atoms with Gasteiger partial charge in [0.1, 0.15) is 11.5 Å². The Morgan fingerprint density at radius 1 is 0.960 bits per heavy atom. The summed E-state index contributed by atoms with van der Waals surface area (Å²) in [4.78, 5) is 24.6. The van der Waals surface area contributed by atoms with Crippen LogP contribution in [-0.4, -0.2) is 32.1 Å². The number of methoxy groups -OCH3 is 2. The fourth-order valence-corrected chi connectivity index (χ4v) is 2.15. The first kappa shape index (κ1) is 18.0. The van der Waals surface area contributed by atoms with Crippen molar-refractivity contribution in [1.82, 2.24) is 0 Å². The van der Waals surface area contributed by atoms with E-state index in [1.807, 2.05) is 6.07 Å². The predicted octanol–water partition coefficient (Wildman–Crippen LogP) is 3.00. The normalized spacial score (nSPS) is 11.1. The van der Waals surface area contributed by atoms with Crippen LogP contribution < -0.4 is 9.47 Å². The lowest BCUT2D eigenvalue weighted by Gasteiger charge is -2.13. The number of Topliss-reactive ketones (excluding diaryl/α,β-unsaturated/α-hetero) is 1. The molecule has 0 spiro atoms. The molecular formula is C19H17NO5. The molecule has 0 aromatic heterocycles. The molecule has 0 heterocycles. The van der Waals surface area contributed by atoms with Crippen molar-refractivity contribution >= 4 is 11.8 Å². The lowest BCUT2D eigenvalue weighted by molar-refractivity contribution is 0.0318. The van der Waals surface area contributed by atoms with E-state index in [2.05, 4.69) is 0 Å². The van der Waals surface area contributed by atoms with E-state index in [4.69, 9.17) is 19.5 Å². The smallest absolute Gasteiger partial charge is 0.339 e. The van der Waals surface area contributed by atoms with Crippen molar-refractivity contribution in [1.29, 1.82) is 5.26 Å². The first-order chi connectivity index (χ1) is 12.0. The highest BCUT2D eigenvalue weighted by Gasteiger charge is 2.21. The molecule has 0 unspecified atom stereocenters. The average Bonchev–Trinajstić information content (AvgIpc) is 2.66. The Bertz CT molecular complexity index is 798. The maximum Gasteiger partial charge on any atom is 0.339 e. The van der Waals surface area contributed by atoms with Crippen molar-refractivity contribution in [3.05, 3.63) is 59.2 Å². The third kappa shape index (κ3) is 4.36. The van der Waals surface area contributed by atoms with Gasteiger partial charge in [-0.3, -0.25) is 4.79 Å². The van der Waals surface area contributed by atoms with Gasteiger partial charge in [0.25, 0.3) is 0 Å². The number of carbonyl (C=O) groups excluding carboxylic acids is 2. The quantitative estimate of drug-likeness (QED) is 0.594. The number of benzene rings is 2. The van der Waals surface area contributed by atoms with E-state index >= 15 is 0 Å². The van der Waals surface area contributed by atoms with Crippen molar-refractivity contribution in [2.24, 2.45) is 0 Å². The Hall–Kier alpha value is -3.33. The van der Waals surface area contributed by atoms with Gasteiger partial charge in [0.2, 0.25) is 5.78 Å². The lowest BCUT2D eigenvalue weighted by atomic mass is 10.1. The SMILES string of the molecule is COc1cc(OC)cc(C(=O)O[C@@H](C)C(=O)c2ccc(C#N)cc2)c1. The summed E-state index contributed by atoms with van der Waals surface area (Å²) in [5.41, 5.74) is 1.03. The van der Waals surface area contributed by atoms with E-state index in [1.165, 1.54) is 57.5 Å². The molecule has 0 N–H and O–H groups in total. The molecule has 1 atom stereocenters. The molecule has 0 radical (unpaired) electrons. The molecule has 0 bridgehead atoms. The number of hydrogen-bond donors (Lipinski definition) is 0. The lowest BCUT2D eigenvalue weighted by Crippen LogP contribution is -2.24. The Kier molecular flexibility index (Phi) is 5.75. The van der Waals surface area contributed by atoms with Gasteiger partial charge in [-0.05, 0) is 43.3 Å². The topological polar surface area (TPSA) is 85.6 Å². The molecule has 0 aliphatic carbocycles. The fourth-order valence-electron chi connectivity index (χ4n) is 2.15. The van der Waals surface area contributed by atoms with E-state index in [0.717, 1.165) is 0 Å². The van der Waals surface area contributed by atoms with Gasteiger partial charge < -0.3 is 14.2 Å². The molecular weight excluding hydrogens is 322 g/mol. The van der Waals surface area contributed by atoms with Crippen molar-refractivity contribution < 1.29 is 23.8 Å². The summed E-state index contributed by atoms with van der Waals surface area (Å²) in [5, 5.41) is 8.78. The van der Waals surface area contributed by atoms with E-state index in [9.17, 15) is 9.59 Å². The summed E-state index contributed by atoms with van der Waals surface area (Å²) in [6, 6.07) is 12.7. The minimum Gasteiger partial charge on any atom is -0.497 e. The van der Waals surface area contributed by atoms with Crippen molar-refractivity contribution in [3.63, 3.8) is 0 Å². The number of esters is 1. The molecule has 6 nitrogen and oxygen atoms in total. The summed E-state index contributed by atoms with van der Waals surface area (Å²) in [6.07, 6.45) is -0.974. The summed E-state index contributed by atoms with van der Waals surface area (Å²) in [6.45, 7) is 1.50. The van der Waals surface area contributed by atoms with Crippen molar-refractivity contribution in [2.75, 3.05) is 14.2 Å². The third-order valence-electron chi connectivity index (χ3n) is 3.54. The molecule has 0 fully saturated rings. The number of ether oxygens (including phenoxy) is 3. The van der Waals surface area contributed by atoms with Crippen LogP contribution >= 0.6 is 0 Å². The summed E-state index contributed by atoms with van der Waals surface area (Å²) >= 11 is 0.